The van der Waals surface area contributed by atoms with E-state index in [0.717, 1.165) is 10.6 Å². The van der Waals surface area contributed by atoms with Crippen LogP contribution in [-0.4, -0.2) is 28.8 Å². The molecule has 0 saturated carbocycles. The van der Waals surface area contributed by atoms with Crippen molar-refractivity contribution in [3.63, 3.8) is 0 Å². The van der Waals surface area contributed by atoms with E-state index in [9.17, 15) is 0 Å². The lowest BCUT2D eigenvalue weighted by atomic mass is 10.1. The monoisotopic (exact) mass is 208 g/mol. The topological polar surface area (TPSA) is 84.0 Å². The highest BCUT2D eigenvalue weighted by Gasteiger charge is 2.29. The zero-order valence-electron chi connectivity index (χ0n) is 7.47. The number of allylic oxidation sites excluding steroid dienone is 3. The molecule has 0 aromatic carbocycles. The van der Waals surface area contributed by atoms with Gasteiger partial charge in [-0.05, 0) is 0 Å². The van der Waals surface area contributed by atoms with Crippen LogP contribution in [-0.2, 0) is 4.74 Å². The number of hydrogen-bond acceptors (Lipinski definition) is 4. The van der Waals surface area contributed by atoms with Crippen molar-refractivity contribution >= 4 is 23.2 Å². The maximum Gasteiger partial charge on any atom is 0.358 e. The zero-order chi connectivity index (χ0) is 10.1. The maximum absolute atomic E-state index is 8.72. The van der Waals surface area contributed by atoms with Gasteiger partial charge in [-0.25, -0.2) is 0 Å². The van der Waals surface area contributed by atoms with Crippen molar-refractivity contribution in [2.75, 3.05) is 7.11 Å². The van der Waals surface area contributed by atoms with E-state index in [1.54, 1.807) is 12.2 Å². The number of nitrogens with zero attached hydrogens (tertiary/aromatic N) is 3. The highest BCUT2D eigenvalue weighted by molar-refractivity contribution is 8.05. The third-order valence-electron chi connectivity index (χ3n) is 1.88. The first-order valence-electron chi connectivity index (χ1n) is 3.95. The summed E-state index contributed by atoms with van der Waals surface area (Å²) < 4.78 is 5.03. The molecule has 2 N–H and O–H groups in total. The fourth-order valence-electron chi connectivity index (χ4n) is 1.27. The molecule has 2 rings (SSSR count). The molecule has 1 unspecified atom stereocenters. The number of fused-ring (bicyclic) bond motifs is 1. The standard InChI is InChI=1S/C8H8N4OS/c1-13-6-2-5-7(3-4(6)12-10)14-8(9)11-5/h2-3,8H,9H2,1H3. The van der Waals surface area contributed by atoms with Gasteiger partial charge in [-0.15, -0.1) is 0 Å². The van der Waals surface area contributed by atoms with Crippen LogP contribution in [0, 0.1) is 0 Å². The Hall–Kier alpha value is -1.36. The van der Waals surface area contributed by atoms with Crippen molar-refractivity contribution in [1.82, 2.24) is 0 Å². The minimum atomic E-state index is -0.274. The molecule has 72 valence electrons. The van der Waals surface area contributed by atoms with Crippen LogP contribution < -0.4 is 5.73 Å². The van der Waals surface area contributed by atoms with E-state index in [1.807, 2.05) is 0 Å². The number of thioether (sulfide) groups is 1. The van der Waals surface area contributed by atoms with Crippen LogP contribution in [0.5, 0.6) is 0 Å². The summed E-state index contributed by atoms with van der Waals surface area (Å²) in [6.07, 6.45) is 3.42. The lowest BCUT2D eigenvalue weighted by Crippen LogP contribution is -2.12. The molecule has 0 fully saturated rings. The van der Waals surface area contributed by atoms with Gasteiger partial charge in [0.25, 0.3) is 0 Å². The zero-order valence-corrected chi connectivity index (χ0v) is 8.28. The normalized spacial score (nSPS) is 24.6. The van der Waals surface area contributed by atoms with Gasteiger partial charge in [-0.2, -0.15) is 4.79 Å². The van der Waals surface area contributed by atoms with Gasteiger partial charge < -0.3 is 16.0 Å². The van der Waals surface area contributed by atoms with E-state index >= 15 is 0 Å². The minimum Gasteiger partial charge on any atom is -0.489 e. The van der Waals surface area contributed by atoms with Crippen LogP contribution >= 0.6 is 11.8 Å². The van der Waals surface area contributed by atoms with E-state index in [4.69, 9.17) is 16.0 Å². The molecule has 6 heteroatoms. The average molecular weight is 208 g/mol. The quantitative estimate of drug-likeness (QED) is 0.387. The number of nitrogens with two attached hydrogens (primary N) is 1. The second kappa shape index (κ2) is 3.42. The molecule has 14 heavy (non-hydrogen) atoms. The Morgan fingerprint density at radius 2 is 2.43 bits per heavy atom. The molecule has 1 heterocycles. The van der Waals surface area contributed by atoms with Crippen LogP contribution in [0.25, 0.3) is 5.53 Å². The highest BCUT2D eigenvalue weighted by Crippen LogP contribution is 2.32. The molecule has 0 aromatic rings. The summed E-state index contributed by atoms with van der Waals surface area (Å²) in [7, 11) is 1.51. The molecule has 1 aliphatic carbocycles. The Bertz CT molecular complexity index is 417. The number of hydrogen-bond donors (Lipinski definition) is 1. The molecule has 0 radical (unpaired) electrons. The molecule has 1 atom stereocenters. The van der Waals surface area contributed by atoms with Crippen molar-refractivity contribution in [2.45, 2.75) is 5.50 Å². The Balaban J connectivity index is 2.45. The van der Waals surface area contributed by atoms with Gasteiger partial charge in [0.15, 0.2) is 0 Å². The van der Waals surface area contributed by atoms with Gasteiger partial charge in [0, 0.05) is 17.1 Å². The van der Waals surface area contributed by atoms with Gasteiger partial charge in [0.05, 0.1) is 12.8 Å². The Labute approximate surface area is 85.0 Å². The summed E-state index contributed by atoms with van der Waals surface area (Å²) in [4.78, 5) is 8.20. The molecule has 0 aromatic heterocycles. The summed E-state index contributed by atoms with van der Waals surface area (Å²) in [5.74, 6) is 0.490. The largest absolute Gasteiger partial charge is 0.489 e. The number of methoxy groups -OCH3 is 1. The van der Waals surface area contributed by atoms with Gasteiger partial charge in [0.2, 0.25) is 5.76 Å². The van der Waals surface area contributed by atoms with Crippen molar-refractivity contribution in [1.29, 1.82) is 0 Å². The lowest BCUT2D eigenvalue weighted by Gasteiger charge is -2.05. The van der Waals surface area contributed by atoms with Crippen LogP contribution in [0.2, 0.25) is 0 Å². The van der Waals surface area contributed by atoms with Gasteiger partial charge in [-0.3, -0.25) is 4.99 Å². The van der Waals surface area contributed by atoms with Gasteiger partial charge in [-0.1, -0.05) is 11.8 Å². The molecule has 0 bridgehead atoms. The van der Waals surface area contributed by atoms with Gasteiger partial charge >= 0.3 is 5.71 Å². The molecule has 1 aliphatic heterocycles. The Kier molecular flexibility index (Phi) is 2.25. The van der Waals surface area contributed by atoms with Crippen molar-refractivity contribution in [2.24, 2.45) is 10.7 Å². The molecular formula is C8H8N4OS. The van der Waals surface area contributed by atoms with Crippen molar-refractivity contribution < 1.29 is 9.53 Å². The third-order valence-corrected chi connectivity index (χ3v) is 2.81. The predicted molar refractivity (Wildman–Crippen MR) is 54.8 cm³/mol. The van der Waals surface area contributed by atoms with E-state index in [0.29, 0.717) is 11.5 Å². The molecule has 0 spiro atoms. The van der Waals surface area contributed by atoms with E-state index in [1.165, 1.54) is 18.9 Å². The lowest BCUT2D eigenvalue weighted by molar-refractivity contribution is -0.00668. The first-order chi connectivity index (χ1) is 6.74. The van der Waals surface area contributed by atoms with Crippen LogP contribution in [0.1, 0.15) is 0 Å². The maximum atomic E-state index is 8.72. The molecule has 2 aliphatic rings. The Morgan fingerprint density at radius 1 is 1.64 bits per heavy atom. The molecular weight excluding hydrogens is 200 g/mol. The number of ether oxygens (including phenoxy) is 1. The highest BCUT2D eigenvalue weighted by atomic mass is 32.2. The van der Waals surface area contributed by atoms with Crippen LogP contribution in [0.3, 0.4) is 0 Å². The summed E-state index contributed by atoms with van der Waals surface area (Å²) in [5.41, 5.74) is 15.3. The number of aliphatic imine (C=N–C) groups is 1. The summed E-state index contributed by atoms with van der Waals surface area (Å²) in [5, 5.41) is 0. The van der Waals surface area contributed by atoms with Crippen LogP contribution in [0.4, 0.5) is 0 Å². The second-order valence-corrected chi connectivity index (χ2v) is 3.89. The molecule has 0 saturated heterocycles. The van der Waals surface area contributed by atoms with Crippen molar-refractivity contribution in [3.05, 3.63) is 28.3 Å². The molecule has 0 amide bonds. The Morgan fingerprint density at radius 3 is 3.07 bits per heavy atom. The second-order valence-electron chi connectivity index (χ2n) is 2.73. The molecule has 5 nitrogen and oxygen atoms in total. The van der Waals surface area contributed by atoms with E-state index < -0.39 is 0 Å². The minimum absolute atomic E-state index is 0.274. The number of rotatable bonds is 1. The SMILES string of the molecule is COC1=CC2=NC(N)SC2=CC1=[N+]=[N-]. The van der Waals surface area contributed by atoms with E-state index in [-0.39, 0.29) is 5.50 Å². The average Bonchev–Trinajstić information content (AvgIpc) is 2.54. The summed E-state index contributed by atoms with van der Waals surface area (Å²) in [6.45, 7) is 0. The van der Waals surface area contributed by atoms with Crippen LogP contribution in [0.15, 0.2) is 27.8 Å². The summed E-state index contributed by atoms with van der Waals surface area (Å²) >= 11 is 1.42. The predicted octanol–water partition coefficient (Wildman–Crippen LogP) is 0.515. The van der Waals surface area contributed by atoms with E-state index in [2.05, 4.69) is 9.78 Å². The third kappa shape index (κ3) is 1.39. The smallest absolute Gasteiger partial charge is 0.358 e. The first kappa shape index (κ1) is 9.21. The van der Waals surface area contributed by atoms with Gasteiger partial charge in [0.1, 0.15) is 5.50 Å². The fourth-order valence-corrected chi connectivity index (χ4v) is 2.11. The fraction of sp³-hybridized carbons (Fsp3) is 0.250. The van der Waals surface area contributed by atoms with Crippen molar-refractivity contribution in [3.8, 4) is 0 Å². The summed E-state index contributed by atoms with van der Waals surface area (Å²) in [6, 6.07) is 0. The first-order valence-corrected chi connectivity index (χ1v) is 4.83.